The lowest BCUT2D eigenvalue weighted by Crippen LogP contribution is -2.22. The number of carbonyl (C=O) groups is 1. The maximum atomic E-state index is 12.8. The molecule has 0 radical (unpaired) electrons. The van der Waals surface area contributed by atoms with Gasteiger partial charge in [-0.25, -0.2) is 0 Å². The first kappa shape index (κ1) is 21.8. The highest BCUT2D eigenvalue weighted by molar-refractivity contribution is 5.99. The number of benzene rings is 3. The highest BCUT2D eigenvalue weighted by Crippen LogP contribution is 2.24. The molecule has 0 fully saturated rings. The van der Waals surface area contributed by atoms with Crippen LogP contribution >= 0.6 is 0 Å². The highest BCUT2D eigenvalue weighted by Gasteiger charge is 2.13. The van der Waals surface area contributed by atoms with Gasteiger partial charge in [-0.1, -0.05) is 54.6 Å². The molecule has 5 heteroatoms. The molecule has 1 heterocycles. The minimum absolute atomic E-state index is 0.0674. The molecule has 164 valence electrons. The average Bonchev–Trinajstić information content (AvgIpc) is 3.12. The van der Waals surface area contributed by atoms with Crippen LogP contribution < -0.4 is 11.1 Å². The van der Waals surface area contributed by atoms with E-state index in [4.69, 9.17) is 5.73 Å². The normalized spacial score (nSPS) is 11.2. The Morgan fingerprint density at radius 1 is 0.938 bits per heavy atom. The Morgan fingerprint density at radius 2 is 1.66 bits per heavy atom. The third-order valence-electron chi connectivity index (χ3n) is 5.78. The first-order valence-electron chi connectivity index (χ1n) is 10.9. The van der Waals surface area contributed by atoms with Gasteiger partial charge in [-0.15, -0.1) is 0 Å². The number of nitrogens with zero attached hydrogens (tertiary/aromatic N) is 2. The van der Waals surface area contributed by atoms with Crippen molar-refractivity contribution in [3.05, 3.63) is 107 Å². The van der Waals surface area contributed by atoms with E-state index in [-0.39, 0.29) is 5.91 Å². The summed E-state index contributed by atoms with van der Waals surface area (Å²) in [7, 11) is 4.17. The van der Waals surface area contributed by atoms with Crippen molar-refractivity contribution in [2.75, 3.05) is 7.05 Å². The van der Waals surface area contributed by atoms with Gasteiger partial charge in [-0.2, -0.15) is 0 Å². The summed E-state index contributed by atoms with van der Waals surface area (Å²) in [6.07, 6.45) is 2.16. The minimum atomic E-state index is -0.0674. The molecular weight excluding hydrogens is 396 g/mol. The van der Waals surface area contributed by atoms with E-state index in [1.807, 2.05) is 55.6 Å². The second-order valence-corrected chi connectivity index (χ2v) is 8.36. The summed E-state index contributed by atoms with van der Waals surface area (Å²) < 4.78 is 2.13. The predicted molar refractivity (Wildman–Crippen MR) is 130 cm³/mol. The average molecular weight is 427 g/mol. The van der Waals surface area contributed by atoms with Crippen LogP contribution in [0.25, 0.3) is 10.9 Å². The van der Waals surface area contributed by atoms with E-state index < -0.39 is 0 Å². The van der Waals surface area contributed by atoms with Crippen molar-refractivity contribution in [2.24, 2.45) is 12.8 Å². The number of amides is 1. The lowest BCUT2D eigenvalue weighted by molar-refractivity contribution is 0.0951. The van der Waals surface area contributed by atoms with Gasteiger partial charge in [0.1, 0.15) is 0 Å². The van der Waals surface area contributed by atoms with Crippen LogP contribution in [0.5, 0.6) is 0 Å². The van der Waals surface area contributed by atoms with Crippen LogP contribution in [0.3, 0.4) is 0 Å². The number of nitrogens with one attached hydrogen (secondary N) is 1. The standard InChI is InChI=1S/C27H30N4O/c1-30(17-22-6-4-3-5-7-22)18-24-19-31(2)26-13-12-23(14-25(24)26)27(32)29-16-21-10-8-20(15-28)9-11-21/h3-14,19H,15-18,28H2,1-2H3,(H,29,32). The van der Waals surface area contributed by atoms with Gasteiger partial charge < -0.3 is 15.6 Å². The van der Waals surface area contributed by atoms with Crippen LogP contribution in [-0.2, 0) is 33.2 Å². The number of carbonyl (C=O) groups excluding carboxylic acids is 1. The number of rotatable bonds is 8. The van der Waals surface area contributed by atoms with Crippen LogP contribution in [0.15, 0.2) is 79.0 Å². The Hall–Kier alpha value is -3.41. The van der Waals surface area contributed by atoms with Gasteiger partial charge in [0.05, 0.1) is 0 Å². The third kappa shape index (κ3) is 5.07. The van der Waals surface area contributed by atoms with E-state index in [9.17, 15) is 4.79 Å². The summed E-state index contributed by atoms with van der Waals surface area (Å²) in [5, 5.41) is 4.15. The molecule has 0 spiro atoms. The summed E-state index contributed by atoms with van der Waals surface area (Å²) in [6.45, 7) is 2.70. The van der Waals surface area contributed by atoms with Gasteiger partial charge in [0, 0.05) is 55.9 Å². The molecular formula is C27H30N4O. The Bertz CT molecular complexity index is 1200. The molecule has 1 amide bonds. The predicted octanol–water partition coefficient (Wildman–Crippen LogP) is 4.20. The fraction of sp³-hybridized carbons (Fsp3) is 0.222. The first-order valence-corrected chi connectivity index (χ1v) is 10.9. The minimum Gasteiger partial charge on any atom is -0.350 e. The number of aryl methyl sites for hydroxylation is 1. The maximum absolute atomic E-state index is 12.8. The molecule has 0 atom stereocenters. The van der Waals surface area contributed by atoms with Crippen molar-refractivity contribution in [1.29, 1.82) is 0 Å². The molecule has 3 aromatic carbocycles. The molecule has 4 rings (SSSR count). The molecule has 4 aromatic rings. The monoisotopic (exact) mass is 426 g/mol. The van der Waals surface area contributed by atoms with Gasteiger partial charge in [-0.05, 0) is 47.5 Å². The number of fused-ring (bicyclic) bond motifs is 1. The van der Waals surface area contributed by atoms with Gasteiger partial charge in [0.2, 0.25) is 0 Å². The number of hydrogen-bond acceptors (Lipinski definition) is 3. The van der Waals surface area contributed by atoms with E-state index in [1.165, 1.54) is 11.1 Å². The topological polar surface area (TPSA) is 63.3 Å². The molecule has 0 aliphatic heterocycles. The fourth-order valence-corrected chi connectivity index (χ4v) is 4.06. The second kappa shape index (κ2) is 9.81. The second-order valence-electron chi connectivity index (χ2n) is 8.36. The van der Waals surface area contributed by atoms with Gasteiger partial charge in [0.15, 0.2) is 0 Å². The molecule has 0 bridgehead atoms. The molecule has 1 aromatic heterocycles. The summed E-state index contributed by atoms with van der Waals surface area (Å²) in [4.78, 5) is 15.1. The largest absolute Gasteiger partial charge is 0.350 e. The quantitative estimate of drug-likeness (QED) is 0.444. The Labute approximate surface area is 189 Å². The SMILES string of the molecule is CN(Cc1ccccc1)Cc1cn(C)c2ccc(C(=O)NCc3ccc(CN)cc3)cc12. The zero-order valence-corrected chi connectivity index (χ0v) is 18.7. The number of nitrogens with two attached hydrogens (primary N) is 1. The van der Waals surface area contributed by atoms with Gasteiger partial charge in [-0.3, -0.25) is 9.69 Å². The molecule has 0 aliphatic rings. The zero-order valence-electron chi connectivity index (χ0n) is 18.7. The van der Waals surface area contributed by atoms with E-state index in [2.05, 4.69) is 52.3 Å². The van der Waals surface area contributed by atoms with Crippen molar-refractivity contribution < 1.29 is 4.79 Å². The zero-order chi connectivity index (χ0) is 22.5. The van der Waals surface area contributed by atoms with Crippen LogP contribution in [0.2, 0.25) is 0 Å². The summed E-state index contributed by atoms with van der Waals surface area (Å²) >= 11 is 0. The van der Waals surface area contributed by atoms with Crippen LogP contribution in [-0.4, -0.2) is 22.4 Å². The summed E-state index contributed by atoms with van der Waals surface area (Å²) in [5.41, 5.74) is 12.1. The Morgan fingerprint density at radius 3 is 2.38 bits per heavy atom. The molecule has 0 saturated heterocycles. The van der Waals surface area contributed by atoms with Crippen LogP contribution in [0.4, 0.5) is 0 Å². The van der Waals surface area contributed by atoms with Gasteiger partial charge >= 0.3 is 0 Å². The third-order valence-corrected chi connectivity index (χ3v) is 5.78. The van der Waals surface area contributed by atoms with Crippen molar-refractivity contribution in [1.82, 2.24) is 14.8 Å². The lowest BCUT2D eigenvalue weighted by atomic mass is 10.1. The fourth-order valence-electron chi connectivity index (χ4n) is 4.06. The highest BCUT2D eigenvalue weighted by atomic mass is 16.1. The summed E-state index contributed by atoms with van der Waals surface area (Å²) in [6, 6.07) is 24.4. The van der Waals surface area contributed by atoms with E-state index in [0.29, 0.717) is 18.7 Å². The Balaban J connectivity index is 1.47. The van der Waals surface area contributed by atoms with Crippen molar-refractivity contribution in [3.8, 4) is 0 Å². The van der Waals surface area contributed by atoms with Crippen molar-refractivity contribution >= 4 is 16.8 Å². The first-order chi connectivity index (χ1) is 15.5. The maximum Gasteiger partial charge on any atom is 0.251 e. The molecule has 3 N–H and O–H groups in total. The van der Waals surface area contributed by atoms with Crippen molar-refractivity contribution in [3.63, 3.8) is 0 Å². The van der Waals surface area contributed by atoms with Crippen LogP contribution in [0.1, 0.15) is 32.6 Å². The Kier molecular flexibility index (Phi) is 6.69. The van der Waals surface area contributed by atoms with E-state index in [0.717, 1.165) is 35.1 Å². The molecule has 5 nitrogen and oxygen atoms in total. The molecule has 0 unspecified atom stereocenters. The van der Waals surface area contributed by atoms with Crippen LogP contribution in [0, 0.1) is 0 Å². The molecule has 32 heavy (non-hydrogen) atoms. The molecule has 0 saturated carbocycles. The number of aromatic nitrogens is 1. The van der Waals surface area contributed by atoms with E-state index in [1.54, 1.807) is 0 Å². The lowest BCUT2D eigenvalue weighted by Gasteiger charge is -2.16. The van der Waals surface area contributed by atoms with Gasteiger partial charge in [0.25, 0.3) is 5.91 Å². The van der Waals surface area contributed by atoms with E-state index >= 15 is 0 Å². The molecule has 0 aliphatic carbocycles. The van der Waals surface area contributed by atoms with Crippen molar-refractivity contribution in [2.45, 2.75) is 26.2 Å². The summed E-state index contributed by atoms with van der Waals surface area (Å²) in [5.74, 6) is -0.0674. The number of hydrogen-bond donors (Lipinski definition) is 2. The smallest absolute Gasteiger partial charge is 0.251 e.